The molecule has 0 amide bonds. The summed E-state index contributed by atoms with van der Waals surface area (Å²) in [5.41, 5.74) is 3.42. The van der Waals surface area contributed by atoms with Crippen molar-refractivity contribution in [2.45, 2.75) is 0 Å². The van der Waals surface area contributed by atoms with Crippen molar-refractivity contribution in [3.05, 3.63) is 48.4 Å². The number of fused-ring (bicyclic) bond motifs is 1. The fourth-order valence-corrected chi connectivity index (χ4v) is 2.01. The molecule has 0 aliphatic rings. The lowest BCUT2D eigenvalue weighted by Crippen LogP contribution is -2.00. The number of pyridine rings is 1. The fraction of sp³-hybridized carbons (Fsp3) is 0.0714. The monoisotopic (exact) mass is 253 g/mol. The van der Waals surface area contributed by atoms with Crippen LogP contribution >= 0.6 is 0 Å². The summed E-state index contributed by atoms with van der Waals surface area (Å²) in [4.78, 5) is 19.3. The molecule has 2 heterocycles. The molecule has 0 saturated heterocycles. The minimum Gasteiger partial charge on any atom is -0.477 e. The van der Waals surface area contributed by atoms with Crippen LogP contribution in [0.2, 0.25) is 0 Å². The zero-order chi connectivity index (χ0) is 13.4. The molecular formula is C14H11N3O2. The first-order valence-electron chi connectivity index (χ1n) is 5.77. The Labute approximate surface area is 109 Å². The van der Waals surface area contributed by atoms with Crippen molar-refractivity contribution in [2.24, 2.45) is 7.05 Å². The molecule has 0 fully saturated rings. The predicted molar refractivity (Wildman–Crippen MR) is 70.9 cm³/mol. The van der Waals surface area contributed by atoms with E-state index in [1.54, 1.807) is 18.5 Å². The number of rotatable bonds is 2. The van der Waals surface area contributed by atoms with Crippen LogP contribution < -0.4 is 0 Å². The number of aromatic carboxylic acids is 1. The smallest absolute Gasteiger partial charge is 0.354 e. The van der Waals surface area contributed by atoms with Gasteiger partial charge in [0.05, 0.1) is 23.1 Å². The second kappa shape index (κ2) is 4.20. The van der Waals surface area contributed by atoms with Crippen molar-refractivity contribution in [2.75, 3.05) is 0 Å². The van der Waals surface area contributed by atoms with Crippen molar-refractivity contribution in [1.82, 2.24) is 14.5 Å². The first-order valence-corrected chi connectivity index (χ1v) is 5.77. The van der Waals surface area contributed by atoms with E-state index in [1.807, 2.05) is 29.8 Å². The summed E-state index contributed by atoms with van der Waals surface area (Å²) in [5.74, 6) is -1.03. The van der Waals surface area contributed by atoms with Gasteiger partial charge in [0.25, 0.3) is 0 Å². The fourth-order valence-electron chi connectivity index (χ4n) is 2.01. The van der Waals surface area contributed by atoms with Gasteiger partial charge in [0.1, 0.15) is 5.69 Å². The van der Waals surface area contributed by atoms with Gasteiger partial charge in [-0.1, -0.05) is 12.1 Å². The zero-order valence-corrected chi connectivity index (χ0v) is 10.2. The van der Waals surface area contributed by atoms with E-state index in [9.17, 15) is 4.79 Å². The van der Waals surface area contributed by atoms with Gasteiger partial charge in [-0.2, -0.15) is 0 Å². The Hall–Kier alpha value is -2.69. The number of imidazole rings is 1. The highest BCUT2D eigenvalue weighted by atomic mass is 16.4. The van der Waals surface area contributed by atoms with E-state index in [-0.39, 0.29) is 5.69 Å². The van der Waals surface area contributed by atoms with Crippen LogP contribution in [0, 0.1) is 0 Å². The third-order valence-corrected chi connectivity index (χ3v) is 2.99. The lowest BCUT2D eigenvalue weighted by Gasteiger charge is -2.02. The SMILES string of the molecule is Cn1cnc2cc(-c3cccc(C(=O)O)n3)ccc21. The van der Waals surface area contributed by atoms with Gasteiger partial charge in [0, 0.05) is 12.6 Å². The van der Waals surface area contributed by atoms with Crippen molar-refractivity contribution in [3.8, 4) is 11.3 Å². The average molecular weight is 253 g/mol. The number of aromatic nitrogens is 3. The molecule has 19 heavy (non-hydrogen) atoms. The summed E-state index contributed by atoms with van der Waals surface area (Å²) in [6.07, 6.45) is 1.75. The van der Waals surface area contributed by atoms with Crippen LogP contribution in [0.25, 0.3) is 22.3 Å². The molecule has 3 rings (SSSR count). The highest BCUT2D eigenvalue weighted by Gasteiger charge is 2.08. The molecule has 94 valence electrons. The van der Waals surface area contributed by atoms with Crippen LogP contribution in [0.15, 0.2) is 42.7 Å². The van der Waals surface area contributed by atoms with E-state index in [0.717, 1.165) is 16.6 Å². The Kier molecular flexibility index (Phi) is 2.52. The van der Waals surface area contributed by atoms with Crippen molar-refractivity contribution in [3.63, 3.8) is 0 Å². The maximum atomic E-state index is 10.9. The number of carbonyl (C=O) groups is 1. The molecule has 0 unspecified atom stereocenters. The predicted octanol–water partition coefficient (Wildman–Crippen LogP) is 2.33. The molecule has 2 aromatic heterocycles. The van der Waals surface area contributed by atoms with E-state index < -0.39 is 5.97 Å². The van der Waals surface area contributed by atoms with Crippen LogP contribution in [0.1, 0.15) is 10.5 Å². The molecule has 3 aromatic rings. The molecule has 0 radical (unpaired) electrons. The molecule has 1 N–H and O–H groups in total. The number of aryl methyl sites for hydroxylation is 1. The summed E-state index contributed by atoms with van der Waals surface area (Å²) in [7, 11) is 1.93. The molecule has 5 heteroatoms. The second-order valence-electron chi connectivity index (χ2n) is 4.27. The number of carboxylic acid groups (broad SMARTS) is 1. The van der Waals surface area contributed by atoms with Gasteiger partial charge in [0.15, 0.2) is 0 Å². The van der Waals surface area contributed by atoms with Gasteiger partial charge >= 0.3 is 5.97 Å². The lowest BCUT2D eigenvalue weighted by molar-refractivity contribution is 0.0690. The summed E-state index contributed by atoms with van der Waals surface area (Å²) in [6.45, 7) is 0. The Balaban J connectivity index is 2.13. The van der Waals surface area contributed by atoms with E-state index in [2.05, 4.69) is 9.97 Å². The molecule has 0 aliphatic heterocycles. The third kappa shape index (κ3) is 1.95. The van der Waals surface area contributed by atoms with Crippen molar-refractivity contribution in [1.29, 1.82) is 0 Å². The van der Waals surface area contributed by atoms with Gasteiger partial charge in [-0.15, -0.1) is 0 Å². The van der Waals surface area contributed by atoms with Crippen LogP contribution in [-0.2, 0) is 7.05 Å². The van der Waals surface area contributed by atoms with Crippen LogP contribution in [0.3, 0.4) is 0 Å². The normalized spacial score (nSPS) is 10.8. The highest BCUT2D eigenvalue weighted by Crippen LogP contribution is 2.22. The van der Waals surface area contributed by atoms with Gasteiger partial charge < -0.3 is 9.67 Å². The Morgan fingerprint density at radius 3 is 2.89 bits per heavy atom. The summed E-state index contributed by atoms with van der Waals surface area (Å²) in [5, 5.41) is 8.95. The molecular weight excluding hydrogens is 242 g/mol. The molecule has 0 spiro atoms. The molecule has 0 aliphatic carbocycles. The molecule has 1 aromatic carbocycles. The first-order chi connectivity index (χ1) is 9.15. The lowest BCUT2D eigenvalue weighted by atomic mass is 10.1. The van der Waals surface area contributed by atoms with E-state index in [1.165, 1.54) is 6.07 Å². The van der Waals surface area contributed by atoms with E-state index in [0.29, 0.717) is 5.69 Å². The third-order valence-electron chi connectivity index (χ3n) is 2.99. The average Bonchev–Trinajstić information content (AvgIpc) is 2.80. The number of benzene rings is 1. The summed E-state index contributed by atoms with van der Waals surface area (Å²) in [6, 6.07) is 10.7. The maximum Gasteiger partial charge on any atom is 0.354 e. The van der Waals surface area contributed by atoms with Gasteiger partial charge in [-0.3, -0.25) is 0 Å². The van der Waals surface area contributed by atoms with Gasteiger partial charge in [0.2, 0.25) is 0 Å². The minimum absolute atomic E-state index is 0.0404. The van der Waals surface area contributed by atoms with E-state index >= 15 is 0 Å². The number of carboxylic acids is 1. The number of hydrogen-bond donors (Lipinski definition) is 1. The van der Waals surface area contributed by atoms with Crippen LogP contribution in [-0.4, -0.2) is 25.6 Å². The number of nitrogens with zero attached hydrogens (tertiary/aromatic N) is 3. The maximum absolute atomic E-state index is 10.9. The molecule has 0 atom stereocenters. The van der Waals surface area contributed by atoms with Crippen molar-refractivity contribution < 1.29 is 9.90 Å². The van der Waals surface area contributed by atoms with Crippen molar-refractivity contribution >= 4 is 17.0 Å². The van der Waals surface area contributed by atoms with Gasteiger partial charge in [-0.05, 0) is 24.3 Å². The van der Waals surface area contributed by atoms with Crippen LogP contribution in [0.4, 0.5) is 0 Å². The quantitative estimate of drug-likeness (QED) is 0.761. The molecule has 5 nitrogen and oxygen atoms in total. The Morgan fingerprint density at radius 1 is 1.26 bits per heavy atom. The minimum atomic E-state index is -1.03. The molecule has 0 bridgehead atoms. The topological polar surface area (TPSA) is 68.0 Å². The van der Waals surface area contributed by atoms with E-state index in [4.69, 9.17) is 5.11 Å². The number of hydrogen-bond acceptors (Lipinski definition) is 3. The summed E-state index contributed by atoms with van der Waals surface area (Å²) < 4.78 is 1.93. The Bertz CT molecular complexity index is 777. The largest absolute Gasteiger partial charge is 0.477 e. The molecule has 0 saturated carbocycles. The zero-order valence-electron chi connectivity index (χ0n) is 10.2. The highest BCUT2D eigenvalue weighted by molar-refractivity contribution is 5.87. The Morgan fingerprint density at radius 2 is 2.11 bits per heavy atom. The summed E-state index contributed by atoms with van der Waals surface area (Å²) >= 11 is 0. The standard InChI is InChI=1S/C14H11N3O2/c1-17-8-15-12-7-9(5-6-13(12)17)10-3-2-4-11(16-10)14(18)19/h2-8H,1H3,(H,18,19). The van der Waals surface area contributed by atoms with Crippen LogP contribution in [0.5, 0.6) is 0 Å². The first kappa shape index (κ1) is 11.4. The second-order valence-corrected chi connectivity index (χ2v) is 4.27. The van der Waals surface area contributed by atoms with Gasteiger partial charge in [-0.25, -0.2) is 14.8 Å².